The summed E-state index contributed by atoms with van der Waals surface area (Å²) in [6.45, 7) is 2.85. The minimum Gasteiger partial charge on any atom is -0.399 e. The molecule has 0 aliphatic heterocycles. The smallest absolute Gasteiger partial charge is 0.123 e. The number of hydrogen-bond acceptors (Lipinski definition) is 2. The maximum Gasteiger partial charge on any atom is 0.123 e. The third-order valence-electron chi connectivity index (χ3n) is 2.64. The highest BCUT2D eigenvalue weighted by Crippen LogP contribution is 2.26. The molecule has 2 N–H and O–H groups in total. The lowest BCUT2D eigenvalue weighted by atomic mass is 10.2. The van der Waals surface area contributed by atoms with Crippen LogP contribution in [0.3, 0.4) is 0 Å². The molecule has 0 atom stereocenters. The zero-order chi connectivity index (χ0) is 12.3. The Balaban J connectivity index is 2.36. The second kappa shape index (κ2) is 4.87. The van der Waals surface area contributed by atoms with Crippen molar-refractivity contribution in [2.75, 3.05) is 17.2 Å². The van der Waals surface area contributed by atoms with E-state index in [0.29, 0.717) is 0 Å². The van der Waals surface area contributed by atoms with Crippen molar-refractivity contribution in [1.29, 1.82) is 0 Å². The molecule has 0 unspecified atom stereocenters. The Kier molecular flexibility index (Phi) is 3.28. The summed E-state index contributed by atoms with van der Waals surface area (Å²) in [7, 11) is 0. The van der Waals surface area contributed by atoms with Gasteiger partial charge in [-0.15, -0.1) is 0 Å². The predicted molar refractivity (Wildman–Crippen MR) is 69.9 cm³/mol. The Bertz CT molecular complexity index is 494. The van der Waals surface area contributed by atoms with Crippen LogP contribution in [0.5, 0.6) is 0 Å². The second-order valence-corrected chi connectivity index (χ2v) is 3.82. The van der Waals surface area contributed by atoms with E-state index in [0.717, 1.165) is 23.6 Å². The van der Waals surface area contributed by atoms with Crippen LogP contribution < -0.4 is 10.6 Å². The molecule has 0 amide bonds. The van der Waals surface area contributed by atoms with Crippen LogP contribution in [-0.4, -0.2) is 6.54 Å². The molecule has 0 aliphatic carbocycles. The van der Waals surface area contributed by atoms with Gasteiger partial charge in [0, 0.05) is 23.6 Å². The van der Waals surface area contributed by atoms with Crippen molar-refractivity contribution in [3.05, 3.63) is 54.3 Å². The molecule has 2 aromatic rings. The molecule has 0 fully saturated rings. The quantitative estimate of drug-likeness (QED) is 0.817. The first-order chi connectivity index (χ1) is 8.20. The van der Waals surface area contributed by atoms with Gasteiger partial charge in [-0.3, -0.25) is 0 Å². The Labute approximate surface area is 100 Å². The summed E-state index contributed by atoms with van der Waals surface area (Å²) in [5, 5.41) is 0. The molecule has 0 aromatic heterocycles. The molecule has 0 radical (unpaired) electrons. The van der Waals surface area contributed by atoms with Gasteiger partial charge in [-0.25, -0.2) is 4.39 Å². The molecule has 0 bridgehead atoms. The average molecular weight is 230 g/mol. The Morgan fingerprint density at radius 3 is 2.35 bits per heavy atom. The summed E-state index contributed by atoms with van der Waals surface area (Å²) in [6.07, 6.45) is 0. The van der Waals surface area contributed by atoms with Gasteiger partial charge in [0.05, 0.1) is 0 Å². The number of hydrogen-bond donors (Lipinski definition) is 1. The lowest BCUT2D eigenvalue weighted by molar-refractivity contribution is 0.628. The van der Waals surface area contributed by atoms with E-state index in [2.05, 4.69) is 4.90 Å². The maximum absolute atomic E-state index is 12.9. The van der Waals surface area contributed by atoms with E-state index in [1.165, 1.54) is 12.1 Å². The maximum atomic E-state index is 12.9. The minimum atomic E-state index is -0.225. The third kappa shape index (κ3) is 2.56. The molecule has 2 rings (SSSR count). The summed E-state index contributed by atoms with van der Waals surface area (Å²) in [4.78, 5) is 2.08. The third-order valence-corrected chi connectivity index (χ3v) is 2.64. The van der Waals surface area contributed by atoms with Crippen molar-refractivity contribution in [2.45, 2.75) is 6.92 Å². The first-order valence-electron chi connectivity index (χ1n) is 5.59. The average Bonchev–Trinajstić information content (AvgIpc) is 2.33. The van der Waals surface area contributed by atoms with E-state index in [1.807, 2.05) is 31.2 Å². The van der Waals surface area contributed by atoms with Gasteiger partial charge in [0.2, 0.25) is 0 Å². The normalized spacial score (nSPS) is 10.2. The second-order valence-electron chi connectivity index (χ2n) is 3.82. The highest BCUT2D eigenvalue weighted by atomic mass is 19.1. The number of nitrogen functional groups attached to an aromatic ring is 1. The van der Waals surface area contributed by atoms with Crippen LogP contribution in [0.4, 0.5) is 21.5 Å². The van der Waals surface area contributed by atoms with Crippen molar-refractivity contribution in [3.8, 4) is 0 Å². The molecular formula is C14H15FN2. The molecule has 2 aromatic carbocycles. The molecule has 2 nitrogen and oxygen atoms in total. The molecule has 0 saturated heterocycles. The molecule has 3 heteroatoms. The standard InChI is InChI=1S/C14H15FN2/c1-2-17(13-8-6-11(15)7-9-13)14-5-3-4-12(16)10-14/h3-10H,2,16H2,1H3. The largest absolute Gasteiger partial charge is 0.399 e. The molecule has 17 heavy (non-hydrogen) atoms. The lowest BCUT2D eigenvalue weighted by Crippen LogP contribution is -2.15. The van der Waals surface area contributed by atoms with Crippen LogP contribution in [0.25, 0.3) is 0 Å². The van der Waals surface area contributed by atoms with Crippen LogP contribution in [0.2, 0.25) is 0 Å². The van der Waals surface area contributed by atoms with Gasteiger partial charge in [0.1, 0.15) is 5.82 Å². The fourth-order valence-electron chi connectivity index (χ4n) is 1.83. The van der Waals surface area contributed by atoms with Crippen LogP contribution in [0.1, 0.15) is 6.92 Å². The van der Waals surface area contributed by atoms with E-state index in [9.17, 15) is 4.39 Å². The van der Waals surface area contributed by atoms with Gasteiger partial charge in [-0.05, 0) is 49.4 Å². The van der Waals surface area contributed by atoms with Gasteiger partial charge in [0.15, 0.2) is 0 Å². The first kappa shape index (κ1) is 11.5. The van der Waals surface area contributed by atoms with E-state index < -0.39 is 0 Å². The van der Waals surface area contributed by atoms with Crippen LogP contribution in [-0.2, 0) is 0 Å². The van der Waals surface area contributed by atoms with E-state index in [1.54, 1.807) is 12.1 Å². The molecular weight excluding hydrogens is 215 g/mol. The van der Waals surface area contributed by atoms with E-state index in [4.69, 9.17) is 5.73 Å². The van der Waals surface area contributed by atoms with Gasteiger partial charge in [-0.1, -0.05) is 6.07 Å². The zero-order valence-electron chi connectivity index (χ0n) is 9.73. The highest BCUT2D eigenvalue weighted by Gasteiger charge is 2.07. The summed E-state index contributed by atoms with van der Waals surface area (Å²) in [5.41, 5.74) is 8.46. The first-order valence-corrected chi connectivity index (χ1v) is 5.59. The number of rotatable bonds is 3. The topological polar surface area (TPSA) is 29.3 Å². The Morgan fingerprint density at radius 1 is 1.06 bits per heavy atom. The van der Waals surface area contributed by atoms with Gasteiger partial charge in [-0.2, -0.15) is 0 Å². The van der Waals surface area contributed by atoms with Crippen LogP contribution in [0, 0.1) is 5.82 Å². The minimum absolute atomic E-state index is 0.225. The molecule has 88 valence electrons. The molecule has 0 heterocycles. The summed E-state index contributed by atoms with van der Waals surface area (Å²) < 4.78 is 12.9. The molecule has 0 spiro atoms. The number of halogens is 1. The monoisotopic (exact) mass is 230 g/mol. The van der Waals surface area contributed by atoms with E-state index in [-0.39, 0.29) is 5.82 Å². The number of anilines is 3. The highest BCUT2D eigenvalue weighted by molar-refractivity contribution is 5.66. The Hall–Kier alpha value is -2.03. The number of nitrogens with two attached hydrogens (primary N) is 1. The summed E-state index contributed by atoms with van der Waals surface area (Å²) >= 11 is 0. The predicted octanol–water partition coefficient (Wildman–Crippen LogP) is 3.57. The number of nitrogens with zero attached hydrogens (tertiary/aromatic N) is 1. The van der Waals surface area contributed by atoms with Crippen molar-refractivity contribution in [2.24, 2.45) is 0 Å². The molecule has 0 aliphatic rings. The fourth-order valence-corrected chi connectivity index (χ4v) is 1.83. The fraction of sp³-hybridized carbons (Fsp3) is 0.143. The van der Waals surface area contributed by atoms with Crippen molar-refractivity contribution in [3.63, 3.8) is 0 Å². The van der Waals surface area contributed by atoms with Crippen molar-refractivity contribution < 1.29 is 4.39 Å². The van der Waals surface area contributed by atoms with E-state index >= 15 is 0 Å². The summed E-state index contributed by atoms with van der Waals surface area (Å²) in [5.74, 6) is -0.225. The van der Waals surface area contributed by atoms with Crippen molar-refractivity contribution >= 4 is 17.1 Å². The molecule has 0 saturated carbocycles. The summed E-state index contributed by atoms with van der Waals surface area (Å²) in [6, 6.07) is 14.1. The zero-order valence-corrected chi connectivity index (χ0v) is 9.73. The number of benzene rings is 2. The van der Waals surface area contributed by atoms with Gasteiger partial charge >= 0.3 is 0 Å². The van der Waals surface area contributed by atoms with Crippen LogP contribution in [0.15, 0.2) is 48.5 Å². The Morgan fingerprint density at radius 2 is 1.76 bits per heavy atom. The van der Waals surface area contributed by atoms with Gasteiger partial charge in [0.25, 0.3) is 0 Å². The van der Waals surface area contributed by atoms with Crippen molar-refractivity contribution in [1.82, 2.24) is 0 Å². The van der Waals surface area contributed by atoms with Gasteiger partial charge < -0.3 is 10.6 Å². The lowest BCUT2D eigenvalue weighted by Gasteiger charge is -2.23. The SMILES string of the molecule is CCN(c1ccc(F)cc1)c1cccc(N)c1. The van der Waals surface area contributed by atoms with Crippen LogP contribution >= 0.6 is 0 Å².